The van der Waals surface area contributed by atoms with Gasteiger partial charge in [-0.1, -0.05) is 31.0 Å². The van der Waals surface area contributed by atoms with Crippen LogP contribution >= 0.6 is 11.8 Å². The maximum absolute atomic E-state index is 12.6. The zero-order valence-electron chi connectivity index (χ0n) is 16.8. The lowest BCUT2D eigenvalue weighted by atomic mass is 9.89. The number of thioether (sulfide) groups is 1. The van der Waals surface area contributed by atoms with Gasteiger partial charge < -0.3 is 9.88 Å². The first-order chi connectivity index (χ1) is 13.5. The van der Waals surface area contributed by atoms with Crippen molar-refractivity contribution in [2.75, 3.05) is 5.32 Å². The van der Waals surface area contributed by atoms with E-state index in [2.05, 4.69) is 27.0 Å². The number of Topliss-reactive ketones (excluding diaryl/α,β-unsaturated/α-hetero) is 1. The van der Waals surface area contributed by atoms with Crippen LogP contribution in [0.5, 0.6) is 0 Å². The topological polar surface area (TPSA) is 76.9 Å². The highest BCUT2D eigenvalue weighted by Gasteiger charge is 2.25. The van der Waals surface area contributed by atoms with E-state index in [0.29, 0.717) is 17.2 Å². The molecule has 1 aliphatic carbocycles. The van der Waals surface area contributed by atoms with E-state index in [0.717, 1.165) is 17.5 Å². The maximum atomic E-state index is 12.6. The molecule has 0 saturated heterocycles. The van der Waals surface area contributed by atoms with Crippen LogP contribution in [0.4, 0.5) is 5.69 Å². The fourth-order valence-electron chi connectivity index (χ4n) is 3.59. The highest BCUT2D eigenvalue weighted by atomic mass is 32.2. The Morgan fingerprint density at radius 3 is 2.46 bits per heavy atom. The SMILES string of the molecule is CCn1c(S[C@@H](C)C(=O)Nc2ccc(C(C)=O)cc2)nnc1C1CCCCC1. The predicted molar refractivity (Wildman–Crippen MR) is 112 cm³/mol. The van der Waals surface area contributed by atoms with E-state index in [1.807, 2.05) is 6.92 Å². The van der Waals surface area contributed by atoms with Gasteiger partial charge in [-0.3, -0.25) is 9.59 Å². The minimum atomic E-state index is -0.304. The third-order valence-corrected chi connectivity index (χ3v) is 6.32. The van der Waals surface area contributed by atoms with Crippen LogP contribution in [0, 0.1) is 0 Å². The molecule has 0 aliphatic heterocycles. The molecule has 1 fully saturated rings. The average molecular weight is 401 g/mol. The Labute approximate surface area is 170 Å². The Hall–Kier alpha value is -2.15. The zero-order valence-corrected chi connectivity index (χ0v) is 17.6. The van der Waals surface area contributed by atoms with Crippen LogP contribution in [0.2, 0.25) is 0 Å². The summed E-state index contributed by atoms with van der Waals surface area (Å²) in [6.07, 6.45) is 6.17. The molecule has 28 heavy (non-hydrogen) atoms. The molecule has 150 valence electrons. The summed E-state index contributed by atoms with van der Waals surface area (Å²) in [5.74, 6) is 1.47. The molecule has 3 rings (SSSR count). The van der Waals surface area contributed by atoms with Crippen molar-refractivity contribution in [1.82, 2.24) is 14.8 Å². The van der Waals surface area contributed by atoms with E-state index >= 15 is 0 Å². The lowest BCUT2D eigenvalue weighted by Crippen LogP contribution is -2.23. The summed E-state index contributed by atoms with van der Waals surface area (Å²) < 4.78 is 2.16. The number of anilines is 1. The van der Waals surface area contributed by atoms with E-state index in [-0.39, 0.29) is 16.9 Å². The number of carbonyl (C=O) groups excluding carboxylic acids is 2. The van der Waals surface area contributed by atoms with Crippen molar-refractivity contribution in [3.63, 3.8) is 0 Å². The summed E-state index contributed by atoms with van der Waals surface area (Å²) in [6.45, 7) is 6.31. The molecule has 1 aliphatic rings. The van der Waals surface area contributed by atoms with Crippen LogP contribution in [-0.4, -0.2) is 31.7 Å². The number of nitrogens with one attached hydrogen (secondary N) is 1. The first-order valence-corrected chi connectivity index (χ1v) is 10.9. The molecule has 0 radical (unpaired) electrons. The fraction of sp³-hybridized carbons (Fsp3) is 0.524. The van der Waals surface area contributed by atoms with Gasteiger partial charge >= 0.3 is 0 Å². The van der Waals surface area contributed by atoms with Crippen molar-refractivity contribution in [2.24, 2.45) is 0 Å². The van der Waals surface area contributed by atoms with E-state index in [1.165, 1.54) is 50.8 Å². The first kappa shape index (κ1) is 20.6. The largest absolute Gasteiger partial charge is 0.325 e. The van der Waals surface area contributed by atoms with E-state index in [1.54, 1.807) is 24.3 Å². The van der Waals surface area contributed by atoms with Crippen LogP contribution in [0.1, 0.15) is 75.0 Å². The molecule has 6 nitrogen and oxygen atoms in total. The minimum Gasteiger partial charge on any atom is -0.325 e. The number of aromatic nitrogens is 3. The molecule has 1 heterocycles. The van der Waals surface area contributed by atoms with E-state index in [4.69, 9.17) is 0 Å². The zero-order chi connectivity index (χ0) is 20.1. The summed E-state index contributed by atoms with van der Waals surface area (Å²) >= 11 is 1.44. The monoisotopic (exact) mass is 400 g/mol. The number of nitrogens with zero attached hydrogens (tertiary/aromatic N) is 3. The van der Waals surface area contributed by atoms with Gasteiger partial charge in [0, 0.05) is 23.7 Å². The Bertz CT molecular complexity index is 825. The molecule has 1 aromatic heterocycles. The van der Waals surface area contributed by atoms with Crippen molar-refractivity contribution in [2.45, 2.75) is 75.7 Å². The van der Waals surface area contributed by atoms with Gasteiger partial charge in [-0.05, 0) is 57.9 Å². The molecule has 1 saturated carbocycles. The lowest BCUT2D eigenvalue weighted by molar-refractivity contribution is -0.115. The Morgan fingerprint density at radius 2 is 1.86 bits per heavy atom. The van der Waals surface area contributed by atoms with Crippen molar-refractivity contribution in [1.29, 1.82) is 0 Å². The standard InChI is InChI=1S/C21H28N4O2S/c1-4-25-19(17-8-6-5-7-9-17)23-24-21(25)28-15(3)20(27)22-18-12-10-16(11-13-18)14(2)26/h10-13,15,17H,4-9H2,1-3H3,(H,22,27)/t15-/m0/s1. The summed E-state index contributed by atoms with van der Waals surface area (Å²) in [5.41, 5.74) is 1.31. The third kappa shape index (κ3) is 4.82. The molecule has 1 amide bonds. The number of hydrogen-bond acceptors (Lipinski definition) is 5. The minimum absolute atomic E-state index is 0.00877. The normalized spacial score (nSPS) is 16.0. The van der Waals surface area contributed by atoms with Crippen LogP contribution in [-0.2, 0) is 11.3 Å². The number of hydrogen-bond donors (Lipinski definition) is 1. The molecule has 0 bridgehead atoms. The van der Waals surface area contributed by atoms with Crippen LogP contribution in [0.15, 0.2) is 29.4 Å². The summed E-state index contributed by atoms with van der Waals surface area (Å²) in [4.78, 5) is 23.9. The van der Waals surface area contributed by atoms with Gasteiger partial charge in [-0.15, -0.1) is 10.2 Å². The Morgan fingerprint density at radius 1 is 1.18 bits per heavy atom. The molecule has 2 aromatic rings. The lowest BCUT2D eigenvalue weighted by Gasteiger charge is -2.21. The number of amides is 1. The van der Waals surface area contributed by atoms with Gasteiger partial charge in [0.2, 0.25) is 5.91 Å². The first-order valence-electron chi connectivity index (χ1n) is 10.0. The van der Waals surface area contributed by atoms with E-state index < -0.39 is 0 Å². The number of benzene rings is 1. The quantitative estimate of drug-likeness (QED) is 0.540. The second-order valence-electron chi connectivity index (χ2n) is 7.30. The fourth-order valence-corrected chi connectivity index (χ4v) is 4.51. The molecular weight excluding hydrogens is 372 g/mol. The van der Waals surface area contributed by atoms with Gasteiger partial charge in [-0.2, -0.15) is 0 Å². The van der Waals surface area contributed by atoms with Gasteiger partial charge in [0.15, 0.2) is 10.9 Å². The van der Waals surface area contributed by atoms with Crippen molar-refractivity contribution in [3.8, 4) is 0 Å². The third-order valence-electron chi connectivity index (χ3n) is 5.24. The van der Waals surface area contributed by atoms with Crippen molar-refractivity contribution < 1.29 is 9.59 Å². The second kappa shape index (κ2) is 9.37. The van der Waals surface area contributed by atoms with Crippen molar-refractivity contribution >= 4 is 29.1 Å². The van der Waals surface area contributed by atoms with Crippen molar-refractivity contribution in [3.05, 3.63) is 35.7 Å². The Kier molecular flexibility index (Phi) is 6.88. The molecule has 1 N–H and O–H groups in total. The highest BCUT2D eigenvalue weighted by molar-refractivity contribution is 8.00. The maximum Gasteiger partial charge on any atom is 0.237 e. The molecule has 1 atom stereocenters. The predicted octanol–water partition coefficient (Wildman–Crippen LogP) is 4.67. The number of ketones is 1. The molecular formula is C21H28N4O2S. The van der Waals surface area contributed by atoms with Crippen LogP contribution < -0.4 is 5.32 Å². The summed E-state index contributed by atoms with van der Waals surface area (Å²) in [6, 6.07) is 6.95. The number of rotatable bonds is 7. The number of carbonyl (C=O) groups is 2. The molecule has 1 aromatic carbocycles. The van der Waals surface area contributed by atoms with Crippen LogP contribution in [0.25, 0.3) is 0 Å². The highest BCUT2D eigenvalue weighted by Crippen LogP contribution is 2.34. The van der Waals surface area contributed by atoms with E-state index in [9.17, 15) is 9.59 Å². The van der Waals surface area contributed by atoms with Gasteiger partial charge in [-0.25, -0.2) is 0 Å². The molecule has 7 heteroatoms. The Balaban J connectivity index is 1.64. The van der Waals surface area contributed by atoms with Crippen LogP contribution in [0.3, 0.4) is 0 Å². The van der Waals surface area contributed by atoms with Gasteiger partial charge in [0.1, 0.15) is 5.82 Å². The smallest absolute Gasteiger partial charge is 0.237 e. The second-order valence-corrected chi connectivity index (χ2v) is 8.61. The molecule has 0 unspecified atom stereocenters. The van der Waals surface area contributed by atoms with Gasteiger partial charge in [0.05, 0.1) is 5.25 Å². The average Bonchev–Trinajstić information content (AvgIpc) is 3.11. The summed E-state index contributed by atoms with van der Waals surface area (Å²) in [7, 11) is 0. The molecule has 0 spiro atoms. The summed E-state index contributed by atoms with van der Waals surface area (Å²) in [5, 5.41) is 12.2. The van der Waals surface area contributed by atoms with Gasteiger partial charge in [0.25, 0.3) is 0 Å².